The lowest BCUT2D eigenvalue weighted by atomic mass is 9.68. The summed E-state index contributed by atoms with van der Waals surface area (Å²) in [7, 11) is 0. The molecule has 2 aliphatic rings. The molecule has 5 nitrogen and oxygen atoms in total. The molecule has 0 saturated carbocycles. The maximum absolute atomic E-state index is 13.5. The molecule has 0 fully saturated rings. The summed E-state index contributed by atoms with van der Waals surface area (Å²) in [4.78, 5) is 24.5. The number of anilines is 1. The number of carbonyl (C=O) groups excluding carboxylic acids is 1. The van der Waals surface area contributed by atoms with Crippen molar-refractivity contribution in [1.82, 2.24) is 0 Å². The fourth-order valence-corrected chi connectivity index (χ4v) is 5.42. The maximum atomic E-state index is 13.5. The van der Waals surface area contributed by atoms with Gasteiger partial charge in [-0.05, 0) is 34.2 Å². The zero-order chi connectivity index (χ0) is 22.8. The zero-order valence-corrected chi connectivity index (χ0v) is 19.1. The molecule has 0 saturated heterocycles. The van der Waals surface area contributed by atoms with Gasteiger partial charge in [0.2, 0.25) is 0 Å². The number of fused-ring (bicyclic) bond motifs is 4. The molecular formula is C25H20Cl2N2O3. The first-order chi connectivity index (χ1) is 15.2. The molecule has 1 aliphatic heterocycles. The lowest BCUT2D eigenvalue weighted by molar-refractivity contribution is -0.384. The van der Waals surface area contributed by atoms with Gasteiger partial charge in [0.25, 0.3) is 5.69 Å². The van der Waals surface area contributed by atoms with Gasteiger partial charge in [-0.2, -0.15) is 0 Å². The Morgan fingerprint density at radius 3 is 2.59 bits per heavy atom. The van der Waals surface area contributed by atoms with Crippen LogP contribution in [0.25, 0.3) is 16.3 Å². The van der Waals surface area contributed by atoms with Gasteiger partial charge in [0.05, 0.1) is 21.0 Å². The van der Waals surface area contributed by atoms with Crippen molar-refractivity contribution in [2.75, 3.05) is 5.32 Å². The molecule has 32 heavy (non-hydrogen) atoms. The van der Waals surface area contributed by atoms with Crippen LogP contribution in [0.15, 0.2) is 54.1 Å². The van der Waals surface area contributed by atoms with Gasteiger partial charge in [-0.15, -0.1) is 0 Å². The van der Waals surface area contributed by atoms with Crippen molar-refractivity contribution in [2.24, 2.45) is 5.41 Å². The van der Waals surface area contributed by atoms with Crippen LogP contribution >= 0.6 is 23.2 Å². The molecule has 1 atom stereocenters. The first kappa shape index (κ1) is 21.0. The fourth-order valence-electron chi connectivity index (χ4n) is 4.98. The summed E-state index contributed by atoms with van der Waals surface area (Å²) >= 11 is 12.8. The molecule has 162 valence electrons. The van der Waals surface area contributed by atoms with Gasteiger partial charge in [-0.25, -0.2) is 0 Å². The van der Waals surface area contributed by atoms with E-state index in [-0.39, 0.29) is 26.9 Å². The average molecular weight is 467 g/mol. The number of halogens is 2. The van der Waals surface area contributed by atoms with Crippen LogP contribution in [0.3, 0.4) is 0 Å². The summed E-state index contributed by atoms with van der Waals surface area (Å²) < 4.78 is 0. The van der Waals surface area contributed by atoms with Crippen LogP contribution in [0, 0.1) is 15.5 Å². The number of benzene rings is 3. The topological polar surface area (TPSA) is 72.2 Å². The first-order valence-electron chi connectivity index (χ1n) is 10.3. The van der Waals surface area contributed by atoms with Crippen LogP contribution in [0.2, 0.25) is 10.0 Å². The Labute approximate surface area is 195 Å². The highest BCUT2D eigenvalue weighted by atomic mass is 35.5. The summed E-state index contributed by atoms with van der Waals surface area (Å²) in [6.07, 6.45) is 1.11. The van der Waals surface area contributed by atoms with E-state index in [9.17, 15) is 14.9 Å². The second kappa shape index (κ2) is 7.32. The molecule has 1 N–H and O–H groups in total. The lowest BCUT2D eigenvalue weighted by Crippen LogP contribution is -2.33. The normalized spacial score (nSPS) is 19.4. The third-order valence-corrected chi connectivity index (χ3v) is 7.12. The van der Waals surface area contributed by atoms with Gasteiger partial charge in [0, 0.05) is 40.9 Å². The first-order valence-corrected chi connectivity index (χ1v) is 11.1. The number of rotatable bonds is 2. The minimum absolute atomic E-state index is 0.0195. The fraction of sp³-hybridized carbons (Fsp3) is 0.240. The largest absolute Gasteiger partial charge is 0.373 e. The molecule has 5 rings (SSSR count). The van der Waals surface area contributed by atoms with Crippen molar-refractivity contribution in [3.05, 3.63) is 85.4 Å². The Bertz CT molecular complexity index is 1360. The Balaban J connectivity index is 1.82. The van der Waals surface area contributed by atoms with Gasteiger partial charge in [0.15, 0.2) is 5.78 Å². The summed E-state index contributed by atoms with van der Waals surface area (Å²) in [5.41, 5.74) is 3.55. The molecule has 1 aliphatic carbocycles. The van der Waals surface area contributed by atoms with E-state index in [2.05, 4.69) is 31.3 Å². The summed E-state index contributed by atoms with van der Waals surface area (Å²) in [5.74, 6) is 0.0195. The summed E-state index contributed by atoms with van der Waals surface area (Å²) in [6, 6.07) is 14.1. The van der Waals surface area contributed by atoms with E-state index >= 15 is 0 Å². The number of hydrogen-bond acceptors (Lipinski definition) is 4. The van der Waals surface area contributed by atoms with Crippen LogP contribution in [0.4, 0.5) is 11.4 Å². The van der Waals surface area contributed by atoms with Crippen molar-refractivity contribution in [1.29, 1.82) is 0 Å². The summed E-state index contributed by atoms with van der Waals surface area (Å²) in [6.45, 7) is 4.18. The highest BCUT2D eigenvalue weighted by molar-refractivity contribution is 6.42. The van der Waals surface area contributed by atoms with Gasteiger partial charge < -0.3 is 5.32 Å². The quantitative estimate of drug-likeness (QED) is 0.316. The number of nitro groups is 1. The smallest absolute Gasteiger partial charge is 0.271 e. The number of hydrogen-bond donors (Lipinski definition) is 1. The number of Topliss-reactive ketones (excluding diaryl/α,β-unsaturated/α-hetero) is 1. The van der Waals surface area contributed by atoms with Crippen molar-refractivity contribution in [2.45, 2.75) is 32.7 Å². The number of carbonyl (C=O) groups is 1. The molecule has 0 spiro atoms. The lowest BCUT2D eigenvalue weighted by Gasteiger charge is -2.40. The molecular weight excluding hydrogens is 447 g/mol. The minimum Gasteiger partial charge on any atom is -0.373 e. The van der Waals surface area contributed by atoms with Crippen LogP contribution in [0.1, 0.15) is 43.9 Å². The van der Waals surface area contributed by atoms with E-state index < -0.39 is 11.0 Å². The zero-order valence-electron chi connectivity index (χ0n) is 17.5. The standard InChI is InChI=1S/C25H20Cl2N2O3/c1-25(2)11-17-21-15-6-4-3-5-13(15)7-8-19(21)28-24(22(17)20(30)12-25)16-9-14(29(31)32)10-18(26)23(16)27/h3-10,24,28H,11-12H2,1-2H3/t24-/m0/s1. The molecule has 7 heteroatoms. The number of allylic oxidation sites excluding steroid dienone is 1. The van der Waals surface area contributed by atoms with Crippen molar-refractivity contribution < 1.29 is 9.72 Å². The predicted molar refractivity (Wildman–Crippen MR) is 128 cm³/mol. The van der Waals surface area contributed by atoms with E-state index in [4.69, 9.17) is 23.2 Å². The molecule has 0 amide bonds. The van der Waals surface area contributed by atoms with Crippen molar-refractivity contribution >= 4 is 56.7 Å². The molecule has 3 aromatic carbocycles. The van der Waals surface area contributed by atoms with E-state index in [0.29, 0.717) is 24.0 Å². The monoisotopic (exact) mass is 466 g/mol. The van der Waals surface area contributed by atoms with E-state index in [1.54, 1.807) is 0 Å². The van der Waals surface area contributed by atoms with E-state index in [1.165, 1.54) is 12.1 Å². The molecule has 0 aromatic heterocycles. The molecule has 0 radical (unpaired) electrons. The van der Waals surface area contributed by atoms with Crippen molar-refractivity contribution in [3.63, 3.8) is 0 Å². The average Bonchev–Trinajstić information content (AvgIpc) is 2.73. The Morgan fingerprint density at radius 2 is 1.84 bits per heavy atom. The van der Waals surface area contributed by atoms with Crippen LogP contribution in [0.5, 0.6) is 0 Å². The SMILES string of the molecule is CC1(C)CC(=O)C2=C(C1)c1c(ccc3ccccc13)N[C@H]2c1cc([N+](=O)[O-])cc(Cl)c1Cl. The predicted octanol–water partition coefficient (Wildman–Crippen LogP) is 7.36. The third kappa shape index (κ3) is 3.28. The van der Waals surface area contributed by atoms with Gasteiger partial charge in [0.1, 0.15) is 0 Å². The number of ketones is 1. The van der Waals surface area contributed by atoms with Gasteiger partial charge in [-0.1, -0.05) is 67.4 Å². The Morgan fingerprint density at radius 1 is 1.09 bits per heavy atom. The second-order valence-electron chi connectivity index (χ2n) is 9.21. The number of nitro benzene ring substituents is 1. The van der Waals surface area contributed by atoms with Crippen LogP contribution < -0.4 is 5.32 Å². The van der Waals surface area contributed by atoms with Crippen LogP contribution in [-0.4, -0.2) is 10.7 Å². The Hall–Kier alpha value is -2.89. The molecule has 1 heterocycles. The number of nitrogens with zero attached hydrogens (tertiary/aromatic N) is 1. The highest BCUT2D eigenvalue weighted by Crippen LogP contribution is 2.53. The number of non-ortho nitro benzene ring substituents is 1. The minimum atomic E-state index is -0.618. The maximum Gasteiger partial charge on any atom is 0.271 e. The number of nitrogens with one attached hydrogen (secondary N) is 1. The second-order valence-corrected chi connectivity index (χ2v) is 9.99. The Kier molecular flexibility index (Phi) is 4.80. The molecule has 0 bridgehead atoms. The third-order valence-electron chi connectivity index (χ3n) is 6.30. The van der Waals surface area contributed by atoms with Gasteiger partial charge >= 0.3 is 0 Å². The van der Waals surface area contributed by atoms with Gasteiger partial charge in [-0.3, -0.25) is 14.9 Å². The van der Waals surface area contributed by atoms with Crippen molar-refractivity contribution in [3.8, 4) is 0 Å². The van der Waals surface area contributed by atoms with Crippen LogP contribution in [-0.2, 0) is 4.79 Å². The molecule has 0 unspecified atom stereocenters. The highest BCUT2D eigenvalue weighted by Gasteiger charge is 2.41. The summed E-state index contributed by atoms with van der Waals surface area (Å²) in [5, 5.41) is 17.4. The van der Waals surface area contributed by atoms with E-state index in [1.807, 2.05) is 24.3 Å². The van der Waals surface area contributed by atoms with E-state index in [0.717, 1.165) is 27.6 Å². The molecule has 3 aromatic rings.